The summed E-state index contributed by atoms with van der Waals surface area (Å²) in [4.78, 5) is 9.78. The van der Waals surface area contributed by atoms with Crippen molar-refractivity contribution < 1.29 is 4.74 Å². The lowest BCUT2D eigenvalue weighted by atomic mass is 10.3. The van der Waals surface area contributed by atoms with Gasteiger partial charge in [0.15, 0.2) is 0 Å². The van der Waals surface area contributed by atoms with Crippen LogP contribution in [0.2, 0.25) is 0 Å². The molecule has 18 heavy (non-hydrogen) atoms. The van der Waals surface area contributed by atoms with E-state index in [1.54, 1.807) is 29.7 Å². The van der Waals surface area contributed by atoms with Crippen LogP contribution in [0.1, 0.15) is 16.3 Å². The summed E-state index contributed by atoms with van der Waals surface area (Å²) in [5.74, 6) is 0.731. The van der Waals surface area contributed by atoms with Crippen LogP contribution in [-0.2, 0) is 6.42 Å². The lowest BCUT2D eigenvalue weighted by Gasteiger charge is -2.06. The van der Waals surface area contributed by atoms with Crippen LogP contribution in [-0.4, -0.2) is 21.6 Å². The van der Waals surface area contributed by atoms with Gasteiger partial charge in [-0.15, -0.1) is 11.3 Å². The lowest BCUT2D eigenvalue weighted by Crippen LogP contribution is -2.11. The molecule has 0 unspecified atom stereocenters. The number of hydrogen-bond acceptors (Lipinski definition) is 5. The quantitative estimate of drug-likeness (QED) is 0.849. The van der Waals surface area contributed by atoms with Crippen LogP contribution < -0.4 is 10.5 Å². The number of thiazole rings is 1. The third-order valence-corrected chi connectivity index (χ3v) is 3.63. The molecular weight excluding hydrogens is 266 g/mol. The maximum atomic E-state index is 5.65. The molecule has 4 nitrogen and oxygen atoms in total. The predicted octanol–water partition coefficient (Wildman–Crippen LogP) is 2.10. The third-order valence-electron chi connectivity index (χ3n) is 2.43. The van der Waals surface area contributed by atoms with Crippen molar-refractivity contribution in [3.8, 4) is 5.75 Å². The second-order valence-corrected chi connectivity index (χ2v) is 5.08. The standard InChI is InChI=1S/C12H13N3OS2/c1-8-11(18-7-15-8)3-5-16-9-2-4-14-10(6-9)12(13)17/h2,4,6-7H,3,5H2,1H3,(H2,13,17). The molecule has 0 amide bonds. The first-order valence-corrected chi connectivity index (χ1v) is 6.73. The van der Waals surface area contributed by atoms with Crippen molar-refractivity contribution in [2.45, 2.75) is 13.3 Å². The molecule has 0 radical (unpaired) electrons. The predicted molar refractivity (Wildman–Crippen MR) is 76.2 cm³/mol. The zero-order chi connectivity index (χ0) is 13.0. The third kappa shape index (κ3) is 3.24. The molecule has 2 aromatic heterocycles. The molecule has 0 spiro atoms. The summed E-state index contributed by atoms with van der Waals surface area (Å²) >= 11 is 6.52. The van der Waals surface area contributed by atoms with Gasteiger partial charge in [-0.25, -0.2) is 4.98 Å². The maximum absolute atomic E-state index is 5.65. The van der Waals surface area contributed by atoms with Gasteiger partial charge < -0.3 is 10.5 Å². The Morgan fingerprint density at radius 1 is 1.50 bits per heavy atom. The van der Waals surface area contributed by atoms with Crippen LogP contribution in [0.15, 0.2) is 23.8 Å². The van der Waals surface area contributed by atoms with Gasteiger partial charge in [0.05, 0.1) is 17.8 Å². The summed E-state index contributed by atoms with van der Waals surface area (Å²) in [6.07, 6.45) is 2.49. The molecule has 0 bridgehead atoms. The largest absolute Gasteiger partial charge is 0.493 e. The van der Waals surface area contributed by atoms with Gasteiger partial charge in [-0.1, -0.05) is 12.2 Å². The minimum Gasteiger partial charge on any atom is -0.493 e. The summed E-state index contributed by atoms with van der Waals surface area (Å²) in [6.45, 7) is 2.60. The fraction of sp³-hybridized carbons (Fsp3) is 0.250. The van der Waals surface area contributed by atoms with E-state index in [2.05, 4.69) is 9.97 Å². The zero-order valence-corrected chi connectivity index (χ0v) is 11.6. The number of thiocarbonyl (C=S) groups is 1. The van der Waals surface area contributed by atoms with E-state index >= 15 is 0 Å². The molecule has 2 heterocycles. The number of pyridine rings is 1. The Kier molecular flexibility index (Phi) is 4.22. The van der Waals surface area contributed by atoms with Crippen LogP contribution >= 0.6 is 23.6 Å². The van der Waals surface area contributed by atoms with Crippen LogP contribution in [0, 0.1) is 6.92 Å². The first-order valence-electron chi connectivity index (χ1n) is 5.44. The minimum absolute atomic E-state index is 0.277. The van der Waals surface area contributed by atoms with E-state index in [0.29, 0.717) is 12.3 Å². The second kappa shape index (κ2) is 5.88. The molecule has 0 aliphatic rings. The Bertz CT molecular complexity index is 554. The maximum Gasteiger partial charge on any atom is 0.123 e. The van der Waals surface area contributed by atoms with Gasteiger partial charge in [-0.3, -0.25) is 4.98 Å². The highest BCUT2D eigenvalue weighted by Crippen LogP contribution is 2.15. The van der Waals surface area contributed by atoms with E-state index in [0.717, 1.165) is 17.9 Å². The fourth-order valence-electron chi connectivity index (χ4n) is 1.46. The molecule has 0 aliphatic heterocycles. The highest BCUT2D eigenvalue weighted by atomic mass is 32.1. The van der Waals surface area contributed by atoms with E-state index in [4.69, 9.17) is 22.7 Å². The summed E-state index contributed by atoms with van der Waals surface area (Å²) in [7, 11) is 0. The SMILES string of the molecule is Cc1ncsc1CCOc1ccnc(C(N)=S)c1. The molecule has 2 N–H and O–H groups in total. The van der Waals surface area contributed by atoms with Crippen LogP contribution in [0.25, 0.3) is 0 Å². The molecular formula is C12H13N3OS2. The molecule has 94 valence electrons. The monoisotopic (exact) mass is 279 g/mol. The topological polar surface area (TPSA) is 61.0 Å². The summed E-state index contributed by atoms with van der Waals surface area (Å²) in [6, 6.07) is 3.54. The Labute approximate surface area is 115 Å². The molecule has 6 heteroatoms. The molecule has 0 fully saturated rings. The van der Waals surface area contributed by atoms with E-state index in [-0.39, 0.29) is 4.99 Å². The number of nitrogens with two attached hydrogens (primary N) is 1. The molecule has 2 aromatic rings. The molecule has 0 saturated carbocycles. The highest BCUT2D eigenvalue weighted by Gasteiger charge is 2.03. The number of nitrogens with zero attached hydrogens (tertiary/aromatic N) is 2. The molecule has 0 aliphatic carbocycles. The summed E-state index contributed by atoms with van der Waals surface area (Å²) in [5.41, 5.74) is 9.02. The van der Waals surface area contributed by atoms with Gasteiger partial charge in [0, 0.05) is 23.6 Å². The smallest absolute Gasteiger partial charge is 0.123 e. The number of ether oxygens (including phenoxy) is 1. The van der Waals surface area contributed by atoms with Crippen molar-refractivity contribution >= 4 is 28.5 Å². The van der Waals surface area contributed by atoms with Gasteiger partial charge in [-0.2, -0.15) is 0 Å². The fourth-order valence-corrected chi connectivity index (χ4v) is 2.34. The van der Waals surface area contributed by atoms with Crippen LogP contribution in [0.4, 0.5) is 0 Å². The lowest BCUT2D eigenvalue weighted by molar-refractivity contribution is 0.322. The number of aryl methyl sites for hydroxylation is 1. The normalized spacial score (nSPS) is 10.3. The molecule has 0 atom stereocenters. The number of rotatable bonds is 5. The Hall–Kier alpha value is -1.53. The van der Waals surface area contributed by atoms with Gasteiger partial charge in [0.25, 0.3) is 0 Å². The van der Waals surface area contributed by atoms with E-state index in [1.807, 2.05) is 12.4 Å². The van der Waals surface area contributed by atoms with E-state index in [9.17, 15) is 0 Å². The molecule has 0 saturated heterocycles. The summed E-state index contributed by atoms with van der Waals surface area (Å²) < 4.78 is 5.65. The van der Waals surface area contributed by atoms with Crippen LogP contribution in [0.5, 0.6) is 5.75 Å². The first-order chi connectivity index (χ1) is 8.66. The van der Waals surface area contributed by atoms with Crippen molar-refractivity contribution in [3.05, 3.63) is 40.1 Å². The number of aromatic nitrogens is 2. The van der Waals surface area contributed by atoms with Crippen molar-refractivity contribution in [2.75, 3.05) is 6.61 Å². The Morgan fingerprint density at radius 2 is 2.33 bits per heavy atom. The van der Waals surface area contributed by atoms with E-state index < -0.39 is 0 Å². The average molecular weight is 279 g/mol. The highest BCUT2D eigenvalue weighted by molar-refractivity contribution is 7.80. The minimum atomic E-state index is 0.277. The number of hydrogen-bond donors (Lipinski definition) is 1. The summed E-state index contributed by atoms with van der Waals surface area (Å²) in [5, 5.41) is 0. The van der Waals surface area contributed by atoms with Crippen LogP contribution in [0.3, 0.4) is 0 Å². The molecule has 0 aromatic carbocycles. The molecule has 2 rings (SSSR count). The van der Waals surface area contributed by atoms with Crippen molar-refractivity contribution in [2.24, 2.45) is 5.73 Å². The average Bonchev–Trinajstić information content (AvgIpc) is 2.76. The van der Waals surface area contributed by atoms with Crippen molar-refractivity contribution in [1.29, 1.82) is 0 Å². The van der Waals surface area contributed by atoms with E-state index in [1.165, 1.54) is 4.88 Å². The van der Waals surface area contributed by atoms with Gasteiger partial charge in [0.2, 0.25) is 0 Å². The van der Waals surface area contributed by atoms with Crippen molar-refractivity contribution in [1.82, 2.24) is 9.97 Å². The zero-order valence-electron chi connectivity index (χ0n) is 9.92. The van der Waals surface area contributed by atoms with Crippen molar-refractivity contribution in [3.63, 3.8) is 0 Å². The van der Waals surface area contributed by atoms with Gasteiger partial charge in [0.1, 0.15) is 16.4 Å². The first kappa shape index (κ1) is 12.9. The van der Waals surface area contributed by atoms with Gasteiger partial charge >= 0.3 is 0 Å². The Morgan fingerprint density at radius 3 is 3.00 bits per heavy atom. The van der Waals surface area contributed by atoms with Gasteiger partial charge in [-0.05, 0) is 13.0 Å². The Balaban J connectivity index is 1.92. The second-order valence-electron chi connectivity index (χ2n) is 3.70.